The maximum Gasteiger partial charge on any atom is 0.286 e. The Labute approximate surface area is 192 Å². The van der Waals surface area contributed by atoms with Crippen LogP contribution < -0.4 is 14.8 Å². The van der Waals surface area contributed by atoms with E-state index in [0.717, 1.165) is 25.3 Å². The van der Waals surface area contributed by atoms with Gasteiger partial charge in [-0.25, -0.2) is 8.42 Å². The molecule has 2 aromatic carbocycles. The van der Waals surface area contributed by atoms with Crippen molar-refractivity contribution in [2.75, 3.05) is 32.1 Å². The maximum atomic E-state index is 13.1. The predicted octanol–water partition coefficient (Wildman–Crippen LogP) is 3.74. The van der Waals surface area contributed by atoms with Gasteiger partial charge in [0, 0.05) is 24.8 Å². The zero-order valence-corrected chi connectivity index (χ0v) is 19.6. The lowest BCUT2D eigenvalue weighted by atomic mass is 10.1. The van der Waals surface area contributed by atoms with Crippen LogP contribution in [0.15, 0.2) is 35.2 Å². The van der Waals surface area contributed by atoms with Crippen LogP contribution in [0.1, 0.15) is 42.1 Å². The van der Waals surface area contributed by atoms with E-state index in [0.29, 0.717) is 18.7 Å². The number of hydrogen-bond acceptors (Lipinski definition) is 7. The van der Waals surface area contributed by atoms with Gasteiger partial charge >= 0.3 is 0 Å². The minimum atomic E-state index is -3.72. The van der Waals surface area contributed by atoms with E-state index in [1.807, 2.05) is 0 Å². The molecule has 1 aliphatic rings. The van der Waals surface area contributed by atoms with Gasteiger partial charge in [0.1, 0.15) is 5.56 Å². The lowest BCUT2D eigenvalue weighted by molar-refractivity contribution is -0.385. The third kappa shape index (κ3) is 5.25. The Morgan fingerprint density at radius 2 is 1.85 bits per heavy atom. The molecule has 0 spiro atoms. The van der Waals surface area contributed by atoms with Crippen LogP contribution in [-0.2, 0) is 10.0 Å². The highest BCUT2D eigenvalue weighted by atomic mass is 32.2. The van der Waals surface area contributed by atoms with Crippen LogP contribution in [0.4, 0.5) is 11.4 Å². The summed E-state index contributed by atoms with van der Waals surface area (Å²) in [5.41, 5.74) is 0.0713. The van der Waals surface area contributed by atoms with E-state index < -0.39 is 26.5 Å². The third-order valence-corrected chi connectivity index (χ3v) is 7.44. The largest absolute Gasteiger partial charge is 0.493 e. The highest BCUT2D eigenvalue weighted by Crippen LogP contribution is 2.35. The summed E-state index contributed by atoms with van der Waals surface area (Å²) >= 11 is 0. The van der Waals surface area contributed by atoms with Crippen molar-refractivity contribution in [3.8, 4) is 11.5 Å². The van der Waals surface area contributed by atoms with Crippen molar-refractivity contribution in [1.82, 2.24) is 4.31 Å². The van der Waals surface area contributed by atoms with Crippen LogP contribution in [0, 0.1) is 17.0 Å². The number of sulfonamides is 1. The molecule has 10 nitrogen and oxygen atoms in total. The Morgan fingerprint density at radius 3 is 2.45 bits per heavy atom. The summed E-state index contributed by atoms with van der Waals surface area (Å²) in [6.07, 6.45) is 2.60. The average Bonchev–Trinajstić information content (AvgIpc) is 2.80. The van der Waals surface area contributed by atoms with Gasteiger partial charge in [-0.2, -0.15) is 4.31 Å². The highest BCUT2D eigenvalue weighted by Gasteiger charge is 2.29. The molecule has 33 heavy (non-hydrogen) atoms. The lowest BCUT2D eigenvalue weighted by Gasteiger charge is -2.26. The second-order valence-electron chi connectivity index (χ2n) is 7.61. The standard InChI is InChI=1S/C22H27N3O7S/c1-4-32-20-14-18(25(27)28)17(13-19(20)31-3)22(26)23-16-9-8-15(2)21(12-16)33(29,30)24-10-6-5-7-11-24/h8-9,12-14H,4-7,10-11H2,1-3H3,(H,23,26). The quantitative estimate of drug-likeness (QED) is 0.453. The summed E-state index contributed by atoms with van der Waals surface area (Å²) in [5, 5.41) is 14.2. The first-order valence-electron chi connectivity index (χ1n) is 10.6. The third-order valence-electron chi connectivity index (χ3n) is 5.40. The second kappa shape index (κ2) is 10.2. The highest BCUT2D eigenvalue weighted by molar-refractivity contribution is 7.89. The molecule has 1 saturated heterocycles. The molecule has 1 heterocycles. The molecule has 0 atom stereocenters. The Hall–Kier alpha value is -3.18. The number of carbonyl (C=O) groups is 1. The smallest absolute Gasteiger partial charge is 0.286 e. The van der Waals surface area contributed by atoms with E-state index in [1.165, 1.54) is 23.5 Å². The van der Waals surface area contributed by atoms with E-state index in [9.17, 15) is 23.3 Å². The van der Waals surface area contributed by atoms with Gasteiger partial charge in [0.2, 0.25) is 10.0 Å². The Balaban J connectivity index is 1.95. The molecule has 0 bridgehead atoms. The number of aryl methyl sites for hydroxylation is 1. The molecule has 1 fully saturated rings. The number of ether oxygens (including phenoxy) is 2. The summed E-state index contributed by atoms with van der Waals surface area (Å²) < 4.78 is 38.3. The molecule has 0 aliphatic carbocycles. The molecule has 0 unspecified atom stereocenters. The van der Waals surface area contributed by atoms with Gasteiger partial charge in [-0.15, -0.1) is 0 Å². The van der Waals surface area contributed by atoms with Crippen LogP contribution >= 0.6 is 0 Å². The molecule has 1 N–H and O–H groups in total. The Kier molecular flexibility index (Phi) is 7.54. The van der Waals surface area contributed by atoms with E-state index in [4.69, 9.17) is 9.47 Å². The first-order chi connectivity index (χ1) is 15.7. The van der Waals surface area contributed by atoms with Crippen molar-refractivity contribution in [2.24, 2.45) is 0 Å². The normalized spacial score (nSPS) is 14.5. The van der Waals surface area contributed by atoms with Crippen molar-refractivity contribution in [3.05, 3.63) is 51.6 Å². The van der Waals surface area contributed by atoms with Gasteiger partial charge in [-0.3, -0.25) is 14.9 Å². The SMILES string of the molecule is CCOc1cc([N+](=O)[O-])c(C(=O)Nc2ccc(C)c(S(=O)(=O)N3CCCCC3)c2)cc1OC. The number of methoxy groups -OCH3 is 1. The summed E-state index contributed by atoms with van der Waals surface area (Å²) in [6.45, 7) is 4.58. The van der Waals surface area contributed by atoms with Gasteiger partial charge in [0.05, 0.1) is 29.6 Å². The topological polar surface area (TPSA) is 128 Å². The minimum Gasteiger partial charge on any atom is -0.493 e. The molecule has 178 valence electrons. The molecule has 0 aromatic heterocycles. The monoisotopic (exact) mass is 477 g/mol. The molecule has 2 aromatic rings. The first kappa shape index (κ1) is 24.5. The molecule has 1 aliphatic heterocycles. The zero-order chi connectivity index (χ0) is 24.2. The van der Waals surface area contributed by atoms with Crippen molar-refractivity contribution >= 4 is 27.3 Å². The zero-order valence-electron chi connectivity index (χ0n) is 18.8. The number of rotatable bonds is 8. The second-order valence-corrected chi connectivity index (χ2v) is 9.52. The number of nitrogens with one attached hydrogen (secondary N) is 1. The maximum absolute atomic E-state index is 13.1. The predicted molar refractivity (Wildman–Crippen MR) is 123 cm³/mol. The van der Waals surface area contributed by atoms with Crippen LogP contribution in [0.5, 0.6) is 11.5 Å². The van der Waals surface area contributed by atoms with Crippen molar-refractivity contribution in [3.63, 3.8) is 0 Å². The number of nitro groups is 1. The fourth-order valence-electron chi connectivity index (χ4n) is 3.71. The summed E-state index contributed by atoms with van der Waals surface area (Å²) in [7, 11) is -2.36. The molecular weight excluding hydrogens is 450 g/mol. The van der Waals surface area contributed by atoms with Gasteiger partial charge in [-0.1, -0.05) is 12.5 Å². The van der Waals surface area contributed by atoms with E-state index in [-0.39, 0.29) is 34.3 Å². The first-order valence-corrected chi connectivity index (χ1v) is 12.0. The number of benzene rings is 2. The van der Waals surface area contributed by atoms with Gasteiger partial charge in [0.25, 0.3) is 11.6 Å². The van der Waals surface area contributed by atoms with E-state index in [1.54, 1.807) is 26.0 Å². The van der Waals surface area contributed by atoms with Crippen molar-refractivity contribution in [2.45, 2.75) is 38.0 Å². The number of carbonyl (C=O) groups excluding carboxylic acids is 1. The van der Waals surface area contributed by atoms with Gasteiger partial charge < -0.3 is 14.8 Å². The fourth-order valence-corrected chi connectivity index (χ4v) is 5.48. The minimum absolute atomic E-state index is 0.0981. The van der Waals surface area contributed by atoms with Crippen LogP contribution in [0.25, 0.3) is 0 Å². The summed E-state index contributed by atoms with van der Waals surface area (Å²) in [6, 6.07) is 6.91. The van der Waals surface area contributed by atoms with Gasteiger partial charge in [0.15, 0.2) is 11.5 Å². The number of anilines is 1. The Bertz CT molecular complexity index is 1160. The molecule has 1 amide bonds. The van der Waals surface area contributed by atoms with E-state index in [2.05, 4.69) is 5.32 Å². The summed E-state index contributed by atoms with van der Waals surface area (Å²) in [5.74, 6) is -0.452. The number of nitro benzene ring substituents is 1. The van der Waals surface area contributed by atoms with Crippen LogP contribution in [0.3, 0.4) is 0 Å². The van der Waals surface area contributed by atoms with E-state index >= 15 is 0 Å². The fraction of sp³-hybridized carbons (Fsp3) is 0.409. The Morgan fingerprint density at radius 1 is 1.15 bits per heavy atom. The van der Waals surface area contributed by atoms with Gasteiger partial charge in [-0.05, 0) is 44.4 Å². The molecule has 0 radical (unpaired) electrons. The number of nitrogens with zero attached hydrogens (tertiary/aromatic N) is 2. The van der Waals surface area contributed by atoms with Crippen molar-refractivity contribution < 1.29 is 27.6 Å². The lowest BCUT2D eigenvalue weighted by Crippen LogP contribution is -2.36. The van der Waals surface area contributed by atoms with Crippen molar-refractivity contribution in [1.29, 1.82) is 0 Å². The average molecular weight is 478 g/mol. The number of hydrogen-bond donors (Lipinski definition) is 1. The molecular formula is C22H27N3O7S. The van der Waals surface area contributed by atoms with Crippen LogP contribution in [-0.4, -0.2) is 50.4 Å². The molecule has 11 heteroatoms. The number of amides is 1. The number of piperidine rings is 1. The molecule has 0 saturated carbocycles. The summed E-state index contributed by atoms with van der Waals surface area (Å²) in [4.78, 5) is 24.0. The van der Waals surface area contributed by atoms with Crippen LogP contribution in [0.2, 0.25) is 0 Å². The molecule has 3 rings (SSSR count).